The number of hydrogen-bond donors (Lipinski definition) is 0. The first kappa shape index (κ1) is 21.2. The Bertz CT molecular complexity index is 1040. The molecule has 0 saturated carbocycles. The maximum atomic E-state index is 13.0. The first-order valence-electron chi connectivity index (χ1n) is 11.3. The molecular weight excluding hydrogens is 424 g/mol. The number of ether oxygens (including phenoxy) is 1. The minimum absolute atomic E-state index is 0.183. The Morgan fingerprint density at radius 2 is 1.88 bits per heavy atom. The number of nitrogens with zero attached hydrogens (tertiary/aromatic N) is 4. The van der Waals surface area contributed by atoms with Crippen LogP contribution in [0.4, 0.5) is 0 Å². The molecule has 2 aromatic heterocycles. The highest BCUT2D eigenvalue weighted by atomic mass is 32.1. The summed E-state index contributed by atoms with van der Waals surface area (Å²) in [6.07, 6.45) is 6.04. The SMILES string of the molecule is COc1ccc(-c2noc(CN3CCN(C(=O)c4cc5c(s4)CCCCC5)CC3)n2)cc1. The van der Waals surface area contributed by atoms with Crippen molar-refractivity contribution in [1.82, 2.24) is 19.9 Å². The van der Waals surface area contributed by atoms with Gasteiger partial charge in [-0.2, -0.15) is 4.98 Å². The summed E-state index contributed by atoms with van der Waals surface area (Å²) in [4.78, 5) is 24.2. The maximum Gasteiger partial charge on any atom is 0.264 e. The number of carbonyl (C=O) groups is 1. The number of fused-ring (bicyclic) bond motifs is 1. The van der Waals surface area contributed by atoms with Crippen LogP contribution in [0.5, 0.6) is 5.75 Å². The van der Waals surface area contributed by atoms with E-state index in [0.717, 1.165) is 55.2 Å². The van der Waals surface area contributed by atoms with Crippen LogP contribution in [-0.2, 0) is 19.4 Å². The lowest BCUT2D eigenvalue weighted by Gasteiger charge is -2.33. The van der Waals surface area contributed by atoms with Crippen LogP contribution in [0.1, 0.15) is 45.3 Å². The van der Waals surface area contributed by atoms with E-state index in [1.807, 2.05) is 29.2 Å². The Labute approximate surface area is 192 Å². The zero-order valence-corrected chi connectivity index (χ0v) is 19.2. The molecule has 3 aromatic rings. The number of thiophene rings is 1. The van der Waals surface area contributed by atoms with Crippen LogP contribution in [0.3, 0.4) is 0 Å². The molecule has 8 heteroatoms. The number of benzene rings is 1. The second-order valence-corrected chi connectivity index (χ2v) is 9.57. The van der Waals surface area contributed by atoms with E-state index in [0.29, 0.717) is 18.3 Å². The Morgan fingerprint density at radius 1 is 1.09 bits per heavy atom. The van der Waals surface area contributed by atoms with Crippen molar-refractivity contribution in [2.75, 3.05) is 33.3 Å². The molecule has 0 atom stereocenters. The molecule has 7 nitrogen and oxygen atoms in total. The third-order valence-corrected chi connectivity index (χ3v) is 7.52. The molecule has 1 aromatic carbocycles. The van der Waals surface area contributed by atoms with Crippen molar-refractivity contribution in [2.45, 2.75) is 38.6 Å². The first-order chi connectivity index (χ1) is 15.7. The van der Waals surface area contributed by atoms with Gasteiger partial charge in [-0.3, -0.25) is 9.69 Å². The van der Waals surface area contributed by atoms with Crippen molar-refractivity contribution < 1.29 is 14.1 Å². The third kappa shape index (κ3) is 4.56. The molecule has 5 rings (SSSR count). The molecule has 3 heterocycles. The molecule has 1 aliphatic carbocycles. The Hall–Kier alpha value is -2.71. The van der Waals surface area contributed by atoms with E-state index in [1.165, 1.54) is 29.7 Å². The number of aromatic nitrogens is 2. The molecule has 1 amide bonds. The Balaban J connectivity index is 1.16. The summed E-state index contributed by atoms with van der Waals surface area (Å²) in [7, 11) is 1.64. The maximum absolute atomic E-state index is 13.0. The van der Waals surface area contributed by atoms with Gasteiger partial charge in [0.05, 0.1) is 18.5 Å². The molecule has 32 heavy (non-hydrogen) atoms. The van der Waals surface area contributed by atoms with E-state index in [9.17, 15) is 4.79 Å². The van der Waals surface area contributed by atoms with Gasteiger partial charge in [-0.15, -0.1) is 11.3 Å². The van der Waals surface area contributed by atoms with E-state index in [1.54, 1.807) is 18.4 Å². The predicted octanol–water partition coefficient (Wildman–Crippen LogP) is 4.03. The van der Waals surface area contributed by atoms with E-state index in [2.05, 4.69) is 21.1 Å². The lowest BCUT2D eigenvalue weighted by molar-refractivity contribution is 0.0619. The molecule has 0 radical (unpaired) electrons. The van der Waals surface area contributed by atoms with Gasteiger partial charge in [-0.25, -0.2) is 0 Å². The summed E-state index contributed by atoms with van der Waals surface area (Å²) in [5.74, 6) is 2.15. The summed E-state index contributed by atoms with van der Waals surface area (Å²) in [5.41, 5.74) is 2.30. The lowest BCUT2D eigenvalue weighted by atomic mass is 10.1. The van der Waals surface area contributed by atoms with Crippen LogP contribution < -0.4 is 4.74 Å². The van der Waals surface area contributed by atoms with Crippen molar-refractivity contribution in [2.24, 2.45) is 0 Å². The van der Waals surface area contributed by atoms with Gasteiger partial charge in [0.2, 0.25) is 11.7 Å². The fourth-order valence-corrected chi connectivity index (χ4v) is 5.63. The van der Waals surface area contributed by atoms with E-state index in [4.69, 9.17) is 9.26 Å². The summed E-state index contributed by atoms with van der Waals surface area (Å²) in [6, 6.07) is 9.75. The topological polar surface area (TPSA) is 71.7 Å². The molecule has 0 unspecified atom stereocenters. The minimum Gasteiger partial charge on any atom is -0.497 e. The molecule has 2 aliphatic rings. The largest absolute Gasteiger partial charge is 0.497 e. The molecule has 1 aliphatic heterocycles. The summed E-state index contributed by atoms with van der Waals surface area (Å²) in [6.45, 7) is 3.65. The highest BCUT2D eigenvalue weighted by molar-refractivity contribution is 7.14. The predicted molar refractivity (Wildman–Crippen MR) is 123 cm³/mol. The van der Waals surface area contributed by atoms with Crippen LogP contribution >= 0.6 is 11.3 Å². The third-order valence-electron chi connectivity index (χ3n) is 6.29. The van der Waals surface area contributed by atoms with Crippen LogP contribution in [0.2, 0.25) is 0 Å². The Morgan fingerprint density at radius 3 is 2.66 bits per heavy atom. The van der Waals surface area contributed by atoms with Gasteiger partial charge in [-0.1, -0.05) is 11.6 Å². The van der Waals surface area contributed by atoms with Gasteiger partial charge in [0.1, 0.15) is 5.75 Å². The highest BCUT2D eigenvalue weighted by Gasteiger charge is 2.25. The number of aryl methyl sites for hydroxylation is 2. The molecule has 168 valence electrons. The molecule has 1 saturated heterocycles. The zero-order chi connectivity index (χ0) is 21.9. The van der Waals surface area contributed by atoms with Crippen molar-refractivity contribution in [3.8, 4) is 17.1 Å². The normalized spacial score (nSPS) is 17.1. The lowest BCUT2D eigenvalue weighted by Crippen LogP contribution is -2.48. The van der Waals surface area contributed by atoms with Crippen LogP contribution in [0.25, 0.3) is 11.4 Å². The van der Waals surface area contributed by atoms with Gasteiger partial charge in [0, 0.05) is 36.6 Å². The Kier molecular flexibility index (Phi) is 6.23. The van der Waals surface area contributed by atoms with Crippen molar-refractivity contribution >= 4 is 17.2 Å². The number of carbonyl (C=O) groups excluding carboxylic acids is 1. The number of rotatable bonds is 5. The highest BCUT2D eigenvalue weighted by Crippen LogP contribution is 2.30. The fourth-order valence-electron chi connectivity index (χ4n) is 4.41. The van der Waals surface area contributed by atoms with E-state index >= 15 is 0 Å². The van der Waals surface area contributed by atoms with Crippen LogP contribution in [0.15, 0.2) is 34.9 Å². The number of piperazine rings is 1. The van der Waals surface area contributed by atoms with Crippen molar-refractivity contribution in [3.05, 3.63) is 51.5 Å². The van der Waals surface area contributed by atoms with Crippen molar-refractivity contribution in [1.29, 1.82) is 0 Å². The second-order valence-electron chi connectivity index (χ2n) is 8.43. The standard InChI is InChI=1S/C24H28N4O3S/c1-30-19-9-7-17(8-10-19)23-25-22(31-26-23)16-27-11-13-28(14-12-27)24(29)21-15-18-5-3-2-4-6-20(18)32-21/h7-10,15H,2-6,11-14,16H2,1H3. The van der Waals surface area contributed by atoms with E-state index < -0.39 is 0 Å². The molecule has 0 bridgehead atoms. The molecule has 1 fully saturated rings. The molecule has 0 spiro atoms. The van der Waals surface area contributed by atoms with Gasteiger partial charge in [-0.05, 0) is 61.6 Å². The number of amides is 1. The molecule has 0 N–H and O–H groups in total. The number of methoxy groups -OCH3 is 1. The quantitative estimate of drug-likeness (QED) is 0.544. The number of hydrogen-bond acceptors (Lipinski definition) is 7. The van der Waals surface area contributed by atoms with Gasteiger partial charge in [0.15, 0.2) is 0 Å². The summed E-state index contributed by atoms with van der Waals surface area (Å²) in [5, 5.41) is 4.11. The molecular formula is C24H28N4O3S. The van der Waals surface area contributed by atoms with Gasteiger partial charge >= 0.3 is 0 Å². The minimum atomic E-state index is 0.183. The van der Waals surface area contributed by atoms with Gasteiger partial charge in [0.25, 0.3) is 5.91 Å². The monoisotopic (exact) mass is 452 g/mol. The van der Waals surface area contributed by atoms with Crippen LogP contribution in [0, 0.1) is 0 Å². The summed E-state index contributed by atoms with van der Waals surface area (Å²) >= 11 is 1.71. The average molecular weight is 453 g/mol. The second kappa shape index (κ2) is 9.42. The van der Waals surface area contributed by atoms with E-state index in [-0.39, 0.29) is 5.91 Å². The zero-order valence-electron chi connectivity index (χ0n) is 18.4. The first-order valence-corrected chi connectivity index (χ1v) is 12.1. The average Bonchev–Trinajstić information content (AvgIpc) is 3.41. The fraction of sp³-hybridized carbons (Fsp3) is 0.458. The smallest absolute Gasteiger partial charge is 0.264 e. The van der Waals surface area contributed by atoms with Gasteiger partial charge < -0.3 is 14.2 Å². The summed E-state index contributed by atoms with van der Waals surface area (Å²) < 4.78 is 10.7. The van der Waals surface area contributed by atoms with Crippen molar-refractivity contribution in [3.63, 3.8) is 0 Å². The van der Waals surface area contributed by atoms with Crippen LogP contribution in [-0.4, -0.2) is 59.1 Å².